The Morgan fingerprint density at radius 1 is 0.893 bits per heavy atom. The molecule has 6 heteroatoms. The number of rotatable bonds is 4. The molecule has 1 aromatic heterocycles. The van der Waals surface area contributed by atoms with Gasteiger partial charge in [0.2, 0.25) is 0 Å². The average Bonchev–Trinajstić information content (AvgIpc) is 3.11. The molecule has 0 fully saturated rings. The smallest absolute Gasteiger partial charge is 0.340 e. The topological polar surface area (TPSA) is 55.1 Å². The Morgan fingerprint density at radius 3 is 2.14 bits per heavy atom. The molecule has 1 N–H and O–H groups in total. The number of benzene rings is 3. The van der Waals surface area contributed by atoms with Crippen molar-refractivity contribution in [3.8, 4) is 28.2 Å². The minimum absolute atomic E-state index is 0.0701. The number of aromatic nitrogens is 2. The van der Waals surface area contributed by atoms with Crippen molar-refractivity contribution in [2.75, 3.05) is 0 Å². The van der Waals surface area contributed by atoms with E-state index < -0.39 is 11.8 Å². The third-order valence-corrected chi connectivity index (χ3v) is 4.86. The van der Waals surface area contributed by atoms with Crippen LogP contribution in [0, 0.1) is 5.82 Å². The molecule has 0 spiro atoms. The molecule has 4 rings (SSSR count). The molecular weight excluding hydrogens is 423 g/mol. The maximum Gasteiger partial charge on any atom is 0.340 e. The van der Waals surface area contributed by atoms with E-state index >= 15 is 0 Å². The molecule has 0 saturated heterocycles. The largest absolute Gasteiger partial charge is 0.478 e. The third-order valence-electron chi connectivity index (χ3n) is 4.34. The Bertz CT molecular complexity index is 1140. The highest BCUT2D eigenvalue weighted by Crippen LogP contribution is 2.34. The van der Waals surface area contributed by atoms with Gasteiger partial charge in [0.1, 0.15) is 17.1 Å². The quantitative estimate of drug-likeness (QED) is 0.439. The molecule has 4 aromatic rings. The van der Waals surface area contributed by atoms with Gasteiger partial charge in [-0.05, 0) is 48.5 Å². The molecule has 0 saturated carbocycles. The first-order valence-corrected chi connectivity index (χ1v) is 9.27. The maximum atomic E-state index is 13.4. The number of halogens is 2. The molecule has 28 heavy (non-hydrogen) atoms. The lowest BCUT2D eigenvalue weighted by atomic mass is 10.0. The summed E-state index contributed by atoms with van der Waals surface area (Å²) < 4.78 is 15.9. The number of hydrogen-bond acceptors (Lipinski definition) is 2. The maximum absolute atomic E-state index is 13.4. The van der Waals surface area contributed by atoms with Crippen LogP contribution in [0.2, 0.25) is 0 Å². The van der Waals surface area contributed by atoms with E-state index in [1.165, 1.54) is 24.3 Å². The van der Waals surface area contributed by atoms with Gasteiger partial charge >= 0.3 is 5.97 Å². The number of aromatic carboxylic acids is 1. The van der Waals surface area contributed by atoms with Gasteiger partial charge in [0, 0.05) is 15.6 Å². The normalized spacial score (nSPS) is 10.8. The summed E-state index contributed by atoms with van der Waals surface area (Å²) in [7, 11) is 0. The molecule has 0 aliphatic carbocycles. The highest BCUT2D eigenvalue weighted by molar-refractivity contribution is 9.10. The van der Waals surface area contributed by atoms with E-state index in [2.05, 4.69) is 21.0 Å². The Kier molecular flexibility index (Phi) is 4.79. The van der Waals surface area contributed by atoms with Gasteiger partial charge in [-0.2, -0.15) is 5.10 Å². The molecule has 0 atom stereocenters. The molecular formula is C22H14BrFN2O2. The Labute approximate surface area is 169 Å². The minimum atomic E-state index is -1.10. The highest BCUT2D eigenvalue weighted by atomic mass is 79.9. The fourth-order valence-corrected chi connectivity index (χ4v) is 3.33. The first-order chi connectivity index (χ1) is 13.5. The van der Waals surface area contributed by atoms with Crippen LogP contribution in [-0.4, -0.2) is 20.9 Å². The van der Waals surface area contributed by atoms with Crippen LogP contribution in [0.4, 0.5) is 4.39 Å². The van der Waals surface area contributed by atoms with Crippen molar-refractivity contribution >= 4 is 21.9 Å². The fraction of sp³-hybridized carbons (Fsp3) is 0. The van der Waals surface area contributed by atoms with Crippen molar-refractivity contribution < 1.29 is 14.3 Å². The predicted octanol–water partition coefficient (Wildman–Crippen LogP) is 5.81. The summed E-state index contributed by atoms with van der Waals surface area (Å²) in [5, 5.41) is 14.6. The second-order valence-corrected chi connectivity index (χ2v) is 7.05. The number of hydrogen-bond donors (Lipinski definition) is 1. The number of carboxylic acids is 1. The van der Waals surface area contributed by atoms with Crippen LogP contribution >= 0.6 is 15.9 Å². The number of carbonyl (C=O) groups is 1. The van der Waals surface area contributed by atoms with Crippen molar-refractivity contribution in [1.82, 2.24) is 9.78 Å². The van der Waals surface area contributed by atoms with Crippen LogP contribution in [0.15, 0.2) is 83.3 Å². The van der Waals surface area contributed by atoms with Gasteiger partial charge < -0.3 is 5.11 Å². The molecule has 0 aliphatic heterocycles. The molecule has 0 radical (unpaired) electrons. The zero-order valence-electron chi connectivity index (χ0n) is 14.5. The third kappa shape index (κ3) is 3.34. The highest BCUT2D eigenvalue weighted by Gasteiger charge is 2.26. The summed E-state index contributed by atoms with van der Waals surface area (Å²) in [6.45, 7) is 0. The van der Waals surface area contributed by atoms with Gasteiger partial charge in [0.25, 0.3) is 0 Å². The summed E-state index contributed by atoms with van der Waals surface area (Å²) in [6, 6.07) is 22.3. The Hall–Kier alpha value is -3.25. The van der Waals surface area contributed by atoms with E-state index in [0.29, 0.717) is 11.3 Å². The lowest BCUT2D eigenvalue weighted by Gasteiger charge is -2.09. The average molecular weight is 437 g/mol. The number of nitrogens with zero attached hydrogens (tertiary/aromatic N) is 2. The minimum Gasteiger partial charge on any atom is -0.478 e. The fourth-order valence-electron chi connectivity index (χ4n) is 3.06. The summed E-state index contributed by atoms with van der Waals surface area (Å²) in [5.41, 5.74) is 2.80. The van der Waals surface area contributed by atoms with Crippen LogP contribution in [0.5, 0.6) is 0 Å². The van der Waals surface area contributed by atoms with Crippen LogP contribution in [0.3, 0.4) is 0 Å². The van der Waals surface area contributed by atoms with Crippen LogP contribution < -0.4 is 0 Å². The SMILES string of the molecule is O=C(O)c1c(-c2ccc(F)cc2)nn(-c2ccc(Br)cc2)c1-c1ccccc1. The first kappa shape index (κ1) is 18.1. The Balaban J connectivity index is 2.04. The lowest BCUT2D eigenvalue weighted by molar-refractivity contribution is 0.0698. The summed E-state index contributed by atoms with van der Waals surface area (Å²) in [5.74, 6) is -1.49. The van der Waals surface area contributed by atoms with Crippen LogP contribution in [0.1, 0.15) is 10.4 Å². The molecule has 0 unspecified atom stereocenters. The van der Waals surface area contributed by atoms with E-state index in [9.17, 15) is 14.3 Å². The van der Waals surface area contributed by atoms with Crippen LogP contribution in [-0.2, 0) is 0 Å². The van der Waals surface area contributed by atoms with Crippen molar-refractivity contribution in [1.29, 1.82) is 0 Å². The van der Waals surface area contributed by atoms with Gasteiger partial charge in [-0.25, -0.2) is 13.9 Å². The van der Waals surface area contributed by atoms with E-state index in [1.54, 1.807) is 4.68 Å². The zero-order valence-corrected chi connectivity index (χ0v) is 16.1. The van der Waals surface area contributed by atoms with Gasteiger partial charge in [-0.3, -0.25) is 0 Å². The molecule has 0 aliphatic rings. The predicted molar refractivity (Wildman–Crippen MR) is 109 cm³/mol. The summed E-state index contributed by atoms with van der Waals surface area (Å²) in [6.07, 6.45) is 0. The van der Waals surface area contributed by atoms with Crippen molar-refractivity contribution in [3.63, 3.8) is 0 Å². The second-order valence-electron chi connectivity index (χ2n) is 6.14. The van der Waals surface area contributed by atoms with Crippen molar-refractivity contribution in [2.24, 2.45) is 0 Å². The molecule has 0 bridgehead atoms. The van der Waals surface area contributed by atoms with Crippen molar-refractivity contribution in [2.45, 2.75) is 0 Å². The summed E-state index contributed by atoms with van der Waals surface area (Å²) >= 11 is 3.41. The first-order valence-electron chi connectivity index (χ1n) is 8.48. The van der Waals surface area contributed by atoms with E-state index in [4.69, 9.17) is 0 Å². The van der Waals surface area contributed by atoms with Crippen molar-refractivity contribution in [3.05, 3.63) is 94.7 Å². The lowest BCUT2D eigenvalue weighted by Crippen LogP contribution is -2.03. The van der Waals surface area contributed by atoms with E-state index in [0.717, 1.165) is 15.7 Å². The standard InChI is InChI=1S/C22H14BrFN2O2/c23-16-8-12-18(13-9-16)26-21(15-4-2-1-3-5-15)19(22(27)28)20(25-26)14-6-10-17(24)11-7-14/h1-13H,(H,27,28). The van der Waals surface area contributed by atoms with Gasteiger partial charge in [0.15, 0.2) is 0 Å². The van der Waals surface area contributed by atoms with Crippen LogP contribution in [0.25, 0.3) is 28.2 Å². The zero-order chi connectivity index (χ0) is 19.7. The second kappa shape index (κ2) is 7.40. The van der Waals surface area contributed by atoms with E-state index in [-0.39, 0.29) is 11.3 Å². The van der Waals surface area contributed by atoms with Gasteiger partial charge in [-0.15, -0.1) is 0 Å². The monoisotopic (exact) mass is 436 g/mol. The van der Waals surface area contributed by atoms with Gasteiger partial charge in [-0.1, -0.05) is 46.3 Å². The Morgan fingerprint density at radius 2 is 1.54 bits per heavy atom. The molecule has 4 nitrogen and oxygen atoms in total. The van der Waals surface area contributed by atoms with E-state index in [1.807, 2.05) is 54.6 Å². The molecule has 1 heterocycles. The number of carboxylic acid groups (broad SMARTS) is 1. The summed E-state index contributed by atoms with van der Waals surface area (Å²) in [4.78, 5) is 12.2. The molecule has 138 valence electrons. The van der Waals surface area contributed by atoms with Gasteiger partial charge in [0.05, 0.1) is 11.4 Å². The molecule has 0 amide bonds. The molecule has 3 aromatic carbocycles.